The third-order valence-electron chi connectivity index (χ3n) is 6.17. The normalized spacial score (nSPS) is 18.1. The van der Waals surface area contributed by atoms with E-state index in [1.165, 1.54) is 0 Å². The second-order valence-electron chi connectivity index (χ2n) is 8.48. The summed E-state index contributed by atoms with van der Waals surface area (Å²) in [5, 5.41) is 12.0. The van der Waals surface area contributed by atoms with Crippen molar-refractivity contribution in [3.63, 3.8) is 0 Å². The van der Waals surface area contributed by atoms with Crippen LogP contribution in [0.15, 0.2) is 42.9 Å². The number of anilines is 1. The standard InChI is InChI=1S/C24H25N7O2/c1-31-7-8-32-21-10-16(11-27-24(21)31)15-4-5-19-18(9-15)23(30-29-19)20-13-26-14-22(28-20)33-17-3-2-6-25-12-17/h4-5,9-11,13-14,17,25H,2-3,6-8,12H2,1H3,(H,29,30)/t17-/m1/s1. The van der Waals surface area contributed by atoms with Gasteiger partial charge in [-0.25, -0.2) is 9.97 Å². The summed E-state index contributed by atoms with van der Waals surface area (Å²) in [6, 6.07) is 8.23. The number of ether oxygens (including phenoxy) is 2. The van der Waals surface area contributed by atoms with Crippen LogP contribution in [0.3, 0.4) is 0 Å². The van der Waals surface area contributed by atoms with Gasteiger partial charge < -0.3 is 19.7 Å². The molecule has 5 heterocycles. The van der Waals surface area contributed by atoms with Crippen molar-refractivity contribution in [2.24, 2.45) is 0 Å². The summed E-state index contributed by atoms with van der Waals surface area (Å²) in [6.45, 7) is 3.36. The van der Waals surface area contributed by atoms with Gasteiger partial charge in [0.15, 0.2) is 11.6 Å². The fourth-order valence-corrected chi connectivity index (χ4v) is 4.39. The van der Waals surface area contributed by atoms with Crippen LogP contribution in [0.1, 0.15) is 12.8 Å². The molecular weight excluding hydrogens is 418 g/mol. The highest BCUT2D eigenvalue weighted by atomic mass is 16.5. The van der Waals surface area contributed by atoms with Gasteiger partial charge >= 0.3 is 0 Å². The average molecular weight is 444 g/mol. The Bertz CT molecular complexity index is 1300. The molecule has 0 radical (unpaired) electrons. The Morgan fingerprint density at radius 2 is 2.12 bits per heavy atom. The number of nitrogens with one attached hydrogen (secondary N) is 2. The number of H-pyrrole nitrogens is 1. The minimum Gasteiger partial charge on any atom is -0.488 e. The van der Waals surface area contributed by atoms with Crippen molar-refractivity contribution in [1.29, 1.82) is 0 Å². The predicted octanol–water partition coefficient (Wildman–Crippen LogP) is 3.04. The van der Waals surface area contributed by atoms with Crippen molar-refractivity contribution in [1.82, 2.24) is 30.5 Å². The summed E-state index contributed by atoms with van der Waals surface area (Å²) in [4.78, 5) is 15.8. The van der Waals surface area contributed by atoms with Crippen LogP contribution in [0, 0.1) is 0 Å². The number of hydrogen-bond acceptors (Lipinski definition) is 8. The molecule has 168 valence electrons. The number of hydrogen-bond donors (Lipinski definition) is 2. The lowest BCUT2D eigenvalue weighted by atomic mass is 10.0. The van der Waals surface area contributed by atoms with E-state index in [1.54, 1.807) is 12.4 Å². The van der Waals surface area contributed by atoms with Crippen LogP contribution < -0.4 is 19.7 Å². The van der Waals surface area contributed by atoms with Crippen LogP contribution in [0.25, 0.3) is 33.4 Å². The van der Waals surface area contributed by atoms with Gasteiger partial charge in [0.25, 0.3) is 0 Å². The van der Waals surface area contributed by atoms with Crippen molar-refractivity contribution >= 4 is 16.7 Å². The molecule has 0 saturated carbocycles. The molecule has 1 aromatic carbocycles. The zero-order valence-electron chi connectivity index (χ0n) is 18.4. The molecule has 0 aliphatic carbocycles. The van der Waals surface area contributed by atoms with E-state index in [1.807, 2.05) is 25.4 Å². The molecular formula is C24H25N7O2. The molecule has 6 rings (SSSR count). The van der Waals surface area contributed by atoms with Crippen LogP contribution in [-0.4, -0.2) is 64.5 Å². The number of pyridine rings is 1. The minimum absolute atomic E-state index is 0.114. The molecule has 9 heteroatoms. The first-order valence-electron chi connectivity index (χ1n) is 11.3. The Balaban J connectivity index is 1.34. The Kier molecular flexibility index (Phi) is 5.03. The second kappa shape index (κ2) is 8.32. The van der Waals surface area contributed by atoms with Crippen molar-refractivity contribution in [2.45, 2.75) is 18.9 Å². The largest absolute Gasteiger partial charge is 0.488 e. The van der Waals surface area contributed by atoms with Crippen molar-refractivity contribution in [3.8, 4) is 34.1 Å². The number of aromatic amines is 1. The molecule has 4 aromatic rings. The quantitative estimate of drug-likeness (QED) is 0.496. The smallest absolute Gasteiger partial charge is 0.233 e. The first kappa shape index (κ1) is 19.9. The molecule has 2 aliphatic rings. The molecule has 2 N–H and O–H groups in total. The molecule has 0 amide bonds. The lowest BCUT2D eigenvalue weighted by Gasteiger charge is -2.26. The van der Waals surface area contributed by atoms with E-state index in [2.05, 4.69) is 42.5 Å². The maximum atomic E-state index is 6.06. The Hall–Kier alpha value is -3.72. The van der Waals surface area contributed by atoms with E-state index < -0.39 is 0 Å². The predicted molar refractivity (Wildman–Crippen MR) is 126 cm³/mol. The number of fused-ring (bicyclic) bond motifs is 2. The number of nitrogens with zero attached hydrogens (tertiary/aromatic N) is 5. The molecule has 0 spiro atoms. The molecule has 0 bridgehead atoms. The third-order valence-corrected chi connectivity index (χ3v) is 6.17. The number of piperidine rings is 1. The van der Waals surface area contributed by atoms with Crippen molar-refractivity contribution in [2.75, 3.05) is 38.2 Å². The van der Waals surface area contributed by atoms with Crippen molar-refractivity contribution in [3.05, 3.63) is 42.9 Å². The molecule has 3 aromatic heterocycles. The number of benzene rings is 1. The fraction of sp³-hybridized carbons (Fsp3) is 0.333. The van der Waals surface area contributed by atoms with Gasteiger partial charge in [-0.15, -0.1) is 0 Å². The van der Waals surface area contributed by atoms with Crippen LogP contribution in [0.5, 0.6) is 11.6 Å². The zero-order chi connectivity index (χ0) is 22.2. The summed E-state index contributed by atoms with van der Waals surface area (Å²) in [5.41, 5.74) is 4.37. The Morgan fingerprint density at radius 1 is 1.15 bits per heavy atom. The zero-order valence-corrected chi connectivity index (χ0v) is 18.4. The molecule has 1 saturated heterocycles. The highest BCUT2D eigenvalue weighted by Crippen LogP contribution is 2.35. The van der Waals surface area contributed by atoms with Crippen molar-refractivity contribution < 1.29 is 9.47 Å². The molecule has 9 nitrogen and oxygen atoms in total. The summed E-state index contributed by atoms with van der Waals surface area (Å²) in [6.07, 6.45) is 7.50. The third kappa shape index (κ3) is 3.84. The lowest BCUT2D eigenvalue weighted by Crippen LogP contribution is -2.37. The Labute approximate surface area is 191 Å². The monoisotopic (exact) mass is 443 g/mol. The summed E-state index contributed by atoms with van der Waals surface area (Å²) < 4.78 is 11.9. The molecule has 2 aliphatic heterocycles. The van der Waals surface area contributed by atoms with Gasteiger partial charge in [-0.1, -0.05) is 6.07 Å². The highest BCUT2D eigenvalue weighted by molar-refractivity contribution is 5.95. The summed E-state index contributed by atoms with van der Waals surface area (Å²) >= 11 is 0. The van der Waals surface area contributed by atoms with Gasteiger partial charge in [-0.2, -0.15) is 5.10 Å². The summed E-state index contributed by atoms with van der Waals surface area (Å²) in [5.74, 6) is 2.20. The average Bonchev–Trinajstić information content (AvgIpc) is 3.28. The van der Waals surface area contributed by atoms with Gasteiger partial charge in [-0.3, -0.25) is 10.1 Å². The summed E-state index contributed by atoms with van der Waals surface area (Å²) in [7, 11) is 2.03. The Morgan fingerprint density at radius 3 is 3.03 bits per heavy atom. The maximum absolute atomic E-state index is 6.06. The van der Waals surface area contributed by atoms with E-state index in [4.69, 9.17) is 14.5 Å². The maximum Gasteiger partial charge on any atom is 0.233 e. The minimum atomic E-state index is 0.114. The van der Waals surface area contributed by atoms with E-state index >= 15 is 0 Å². The van der Waals surface area contributed by atoms with Crippen LogP contribution in [0.2, 0.25) is 0 Å². The first-order chi connectivity index (χ1) is 16.2. The van der Waals surface area contributed by atoms with Gasteiger partial charge in [0, 0.05) is 30.7 Å². The molecule has 33 heavy (non-hydrogen) atoms. The van der Waals surface area contributed by atoms with Gasteiger partial charge in [0.2, 0.25) is 5.88 Å². The van der Waals surface area contributed by atoms with Crippen LogP contribution >= 0.6 is 0 Å². The van der Waals surface area contributed by atoms with Gasteiger partial charge in [0.1, 0.15) is 24.1 Å². The topological polar surface area (TPSA) is 101 Å². The van der Waals surface area contributed by atoms with Crippen LogP contribution in [-0.2, 0) is 0 Å². The highest BCUT2D eigenvalue weighted by Gasteiger charge is 2.19. The van der Waals surface area contributed by atoms with E-state index in [0.717, 1.165) is 71.8 Å². The van der Waals surface area contributed by atoms with Gasteiger partial charge in [0.05, 0.1) is 24.5 Å². The fourth-order valence-electron chi connectivity index (χ4n) is 4.39. The van der Waals surface area contributed by atoms with E-state index in [-0.39, 0.29) is 6.10 Å². The number of aromatic nitrogens is 5. The molecule has 1 atom stereocenters. The first-order valence-corrected chi connectivity index (χ1v) is 11.3. The number of likely N-dealkylation sites (N-methyl/N-ethyl adjacent to an activating group) is 1. The van der Waals surface area contributed by atoms with Gasteiger partial charge in [-0.05, 0) is 43.1 Å². The lowest BCUT2D eigenvalue weighted by molar-refractivity contribution is 0.160. The molecule has 1 fully saturated rings. The van der Waals surface area contributed by atoms with E-state index in [9.17, 15) is 0 Å². The van der Waals surface area contributed by atoms with E-state index in [0.29, 0.717) is 18.2 Å². The number of rotatable bonds is 4. The second-order valence-corrected chi connectivity index (χ2v) is 8.48. The molecule has 0 unspecified atom stereocenters. The SMILES string of the molecule is CN1CCOc2cc(-c3ccc4[nH]nc(-c5cncc(O[C@@H]6CCCNC6)n5)c4c3)cnc21. The van der Waals surface area contributed by atoms with Crippen LogP contribution in [0.4, 0.5) is 5.82 Å².